The van der Waals surface area contributed by atoms with Gasteiger partial charge >= 0.3 is 12.3 Å². The molecule has 1 aliphatic rings. The van der Waals surface area contributed by atoms with Crippen molar-refractivity contribution >= 4 is 23.8 Å². The van der Waals surface area contributed by atoms with Gasteiger partial charge in [-0.05, 0) is 45.4 Å². The van der Waals surface area contributed by atoms with Gasteiger partial charge in [0.15, 0.2) is 0 Å². The molecule has 0 unspecified atom stereocenters. The van der Waals surface area contributed by atoms with Crippen LogP contribution in [0.15, 0.2) is 24.3 Å². The Morgan fingerprint density at radius 3 is 2.56 bits per heavy atom. The summed E-state index contributed by atoms with van der Waals surface area (Å²) in [5.41, 5.74) is -1.11. The lowest BCUT2D eigenvalue weighted by Gasteiger charge is -2.28. The van der Waals surface area contributed by atoms with Crippen LogP contribution in [0.3, 0.4) is 0 Å². The number of alkyl halides is 3. The molecule has 0 aliphatic carbocycles. The van der Waals surface area contributed by atoms with Gasteiger partial charge in [-0.3, -0.25) is 9.69 Å². The first kappa shape index (κ1) is 21.4. The first-order valence-electron chi connectivity index (χ1n) is 8.43. The number of halogens is 3. The molecule has 0 aromatic heterocycles. The van der Waals surface area contributed by atoms with Crippen molar-refractivity contribution in [2.75, 3.05) is 11.6 Å². The van der Waals surface area contributed by atoms with E-state index >= 15 is 0 Å². The lowest BCUT2D eigenvalue weighted by molar-refractivity contribution is -0.137. The second kappa shape index (κ2) is 8.00. The molecule has 5 nitrogen and oxygen atoms in total. The Kier molecular flexibility index (Phi) is 6.34. The van der Waals surface area contributed by atoms with Crippen LogP contribution in [0.1, 0.15) is 44.9 Å². The molecule has 1 fully saturated rings. The molecule has 27 heavy (non-hydrogen) atoms. The van der Waals surface area contributed by atoms with Gasteiger partial charge in [0, 0.05) is 5.75 Å². The maximum atomic E-state index is 12.9. The predicted molar refractivity (Wildman–Crippen MR) is 97.2 cm³/mol. The number of amides is 2. The molecule has 1 aliphatic heterocycles. The molecule has 0 spiro atoms. The van der Waals surface area contributed by atoms with Gasteiger partial charge in [-0.2, -0.15) is 13.2 Å². The first-order chi connectivity index (χ1) is 12.4. The van der Waals surface area contributed by atoms with Crippen molar-refractivity contribution in [3.63, 3.8) is 0 Å². The van der Waals surface area contributed by atoms with Crippen LogP contribution in [0.25, 0.3) is 0 Å². The van der Waals surface area contributed by atoms with Crippen LogP contribution in [-0.2, 0) is 15.7 Å². The van der Waals surface area contributed by atoms with Crippen LogP contribution in [0, 0.1) is 0 Å². The van der Waals surface area contributed by atoms with Gasteiger partial charge < -0.3 is 10.1 Å². The summed E-state index contributed by atoms with van der Waals surface area (Å²) in [7, 11) is 0. The van der Waals surface area contributed by atoms with Crippen molar-refractivity contribution in [2.45, 2.75) is 51.6 Å². The van der Waals surface area contributed by atoms with Crippen LogP contribution >= 0.6 is 11.8 Å². The number of benzene rings is 1. The average Bonchev–Trinajstić information content (AvgIpc) is 3.02. The van der Waals surface area contributed by atoms with Crippen molar-refractivity contribution in [1.82, 2.24) is 10.2 Å². The number of nitrogens with zero attached hydrogens (tertiary/aromatic N) is 1. The van der Waals surface area contributed by atoms with Gasteiger partial charge in [-0.25, -0.2) is 4.79 Å². The minimum atomic E-state index is -4.45. The molecule has 1 aromatic carbocycles. The highest BCUT2D eigenvalue weighted by atomic mass is 32.2. The summed E-state index contributed by atoms with van der Waals surface area (Å²) in [6, 6.07) is 3.47. The number of hydrogen-bond donors (Lipinski definition) is 1. The van der Waals surface area contributed by atoms with Crippen molar-refractivity contribution in [1.29, 1.82) is 0 Å². The molecular weight excluding hydrogens is 381 g/mol. The fourth-order valence-corrected chi connectivity index (χ4v) is 3.68. The van der Waals surface area contributed by atoms with E-state index in [2.05, 4.69) is 5.32 Å². The highest BCUT2D eigenvalue weighted by Crippen LogP contribution is 2.31. The zero-order valence-corrected chi connectivity index (χ0v) is 16.4. The topological polar surface area (TPSA) is 58.6 Å². The summed E-state index contributed by atoms with van der Waals surface area (Å²) in [6.07, 6.45) is -5.03. The van der Waals surface area contributed by atoms with Gasteiger partial charge in [0.05, 0.1) is 17.5 Å². The van der Waals surface area contributed by atoms with Crippen LogP contribution < -0.4 is 5.32 Å². The predicted octanol–water partition coefficient (Wildman–Crippen LogP) is 4.19. The smallest absolute Gasteiger partial charge is 0.416 e. The molecule has 0 radical (unpaired) electrons. The van der Waals surface area contributed by atoms with Crippen LogP contribution in [0.2, 0.25) is 0 Å². The van der Waals surface area contributed by atoms with Gasteiger partial charge in [-0.15, -0.1) is 11.8 Å². The Labute approximate surface area is 160 Å². The molecule has 2 atom stereocenters. The van der Waals surface area contributed by atoms with E-state index in [9.17, 15) is 22.8 Å². The molecule has 0 bridgehead atoms. The van der Waals surface area contributed by atoms with Gasteiger partial charge in [0.1, 0.15) is 11.6 Å². The number of nitrogens with one attached hydrogen (secondary N) is 1. The summed E-state index contributed by atoms with van der Waals surface area (Å²) in [5.74, 6) is 0.307. The van der Waals surface area contributed by atoms with E-state index in [-0.39, 0.29) is 0 Å². The molecule has 1 saturated heterocycles. The van der Waals surface area contributed by atoms with Gasteiger partial charge in [-0.1, -0.05) is 12.1 Å². The minimum absolute atomic E-state index is 0.324. The van der Waals surface area contributed by atoms with E-state index < -0.39 is 41.4 Å². The number of hydrogen-bond acceptors (Lipinski definition) is 4. The summed E-state index contributed by atoms with van der Waals surface area (Å²) < 4.78 is 43.9. The normalized spacial score (nSPS) is 18.9. The summed E-state index contributed by atoms with van der Waals surface area (Å²) >= 11 is 1.42. The van der Waals surface area contributed by atoms with Crippen molar-refractivity contribution in [3.8, 4) is 0 Å². The van der Waals surface area contributed by atoms with Crippen LogP contribution in [-0.4, -0.2) is 40.2 Å². The number of carbonyl (C=O) groups is 2. The Hall–Kier alpha value is -1.90. The third-order valence-electron chi connectivity index (χ3n) is 3.89. The molecule has 150 valence electrons. The molecule has 1 aromatic rings. The first-order valence-corrected chi connectivity index (χ1v) is 9.59. The molecule has 2 amide bonds. The van der Waals surface area contributed by atoms with Crippen LogP contribution in [0.5, 0.6) is 0 Å². The summed E-state index contributed by atoms with van der Waals surface area (Å²) in [5, 5.41) is 2.70. The average molecular weight is 404 g/mol. The number of thioether (sulfide) groups is 1. The SMILES string of the molecule is C[C@H](NC(=O)[C@@H]1CSCN1C(=O)OC(C)(C)C)c1cccc(C(F)(F)F)c1. The quantitative estimate of drug-likeness (QED) is 0.821. The Morgan fingerprint density at radius 1 is 1.30 bits per heavy atom. The largest absolute Gasteiger partial charge is 0.444 e. The molecule has 1 heterocycles. The van der Waals surface area contributed by atoms with E-state index in [1.54, 1.807) is 27.7 Å². The maximum absolute atomic E-state index is 12.9. The number of carbonyl (C=O) groups excluding carboxylic acids is 2. The molecule has 0 saturated carbocycles. The fourth-order valence-electron chi connectivity index (χ4n) is 2.54. The maximum Gasteiger partial charge on any atom is 0.416 e. The Balaban J connectivity index is 2.06. The van der Waals surface area contributed by atoms with Crippen molar-refractivity contribution < 1.29 is 27.5 Å². The molecular formula is C18H23F3N2O3S. The second-order valence-electron chi connectivity index (χ2n) is 7.32. The standard InChI is InChI=1S/C18H23F3N2O3S/c1-11(12-6-5-7-13(8-12)18(19,20)21)22-15(24)14-9-27-10-23(14)16(25)26-17(2,3)4/h5-8,11,14H,9-10H2,1-4H3,(H,22,24)/t11-,14-/m0/s1. The lowest BCUT2D eigenvalue weighted by Crippen LogP contribution is -2.49. The van der Waals surface area contributed by atoms with E-state index in [0.717, 1.165) is 12.1 Å². The fraction of sp³-hybridized carbons (Fsp3) is 0.556. The van der Waals surface area contributed by atoms with Crippen molar-refractivity contribution in [2.24, 2.45) is 0 Å². The van der Waals surface area contributed by atoms with Crippen molar-refractivity contribution in [3.05, 3.63) is 35.4 Å². The second-order valence-corrected chi connectivity index (χ2v) is 8.32. The molecule has 9 heteroatoms. The third kappa shape index (κ3) is 5.79. The van der Waals surface area contributed by atoms with E-state index in [1.165, 1.54) is 28.8 Å². The lowest BCUT2D eigenvalue weighted by atomic mass is 10.0. The minimum Gasteiger partial charge on any atom is -0.444 e. The molecule has 1 N–H and O–H groups in total. The van der Waals surface area contributed by atoms with Crippen LogP contribution in [0.4, 0.5) is 18.0 Å². The highest BCUT2D eigenvalue weighted by molar-refractivity contribution is 7.99. The third-order valence-corrected chi connectivity index (χ3v) is 4.90. The highest BCUT2D eigenvalue weighted by Gasteiger charge is 2.37. The molecule has 2 rings (SSSR count). The Morgan fingerprint density at radius 2 is 1.96 bits per heavy atom. The zero-order valence-electron chi connectivity index (χ0n) is 15.6. The summed E-state index contributed by atoms with van der Waals surface area (Å²) in [6.45, 7) is 6.81. The summed E-state index contributed by atoms with van der Waals surface area (Å²) in [4.78, 5) is 26.2. The van der Waals surface area contributed by atoms with E-state index in [4.69, 9.17) is 4.74 Å². The van der Waals surface area contributed by atoms with Gasteiger partial charge in [0.2, 0.25) is 5.91 Å². The van der Waals surface area contributed by atoms with Gasteiger partial charge in [0.25, 0.3) is 0 Å². The Bertz CT molecular complexity index is 704. The zero-order chi connectivity index (χ0) is 20.4. The number of ether oxygens (including phenoxy) is 1. The van der Waals surface area contributed by atoms with E-state index in [0.29, 0.717) is 17.2 Å². The van der Waals surface area contributed by atoms with E-state index in [1.807, 2.05) is 0 Å². The monoisotopic (exact) mass is 404 g/mol. The number of rotatable bonds is 3.